The molecule has 21 heavy (non-hydrogen) atoms. The lowest BCUT2D eigenvalue weighted by atomic mass is 9.84. The van der Waals surface area contributed by atoms with Crippen molar-refractivity contribution in [3.63, 3.8) is 0 Å². The molecule has 0 bridgehead atoms. The van der Waals surface area contributed by atoms with E-state index >= 15 is 0 Å². The molecule has 0 heterocycles. The van der Waals surface area contributed by atoms with Crippen molar-refractivity contribution >= 4 is 5.69 Å². The first kappa shape index (κ1) is 14.7. The summed E-state index contributed by atoms with van der Waals surface area (Å²) in [6.07, 6.45) is 12.3. The van der Waals surface area contributed by atoms with E-state index in [0.29, 0.717) is 12.1 Å². The molecule has 2 heteroatoms. The molecule has 0 amide bonds. The molecule has 0 aromatic heterocycles. The summed E-state index contributed by atoms with van der Waals surface area (Å²) < 4.78 is 6.02. The number of nitrogens with one attached hydrogen (secondary N) is 1. The van der Waals surface area contributed by atoms with E-state index in [4.69, 9.17) is 4.74 Å². The monoisotopic (exact) mass is 287 g/mol. The van der Waals surface area contributed by atoms with Crippen LogP contribution < -0.4 is 10.1 Å². The average molecular weight is 287 g/mol. The van der Waals surface area contributed by atoms with Gasteiger partial charge in [-0.3, -0.25) is 0 Å². The van der Waals surface area contributed by atoms with Gasteiger partial charge in [0.1, 0.15) is 5.75 Å². The molecule has 1 aromatic rings. The molecule has 2 aliphatic carbocycles. The number of anilines is 1. The second kappa shape index (κ2) is 7.20. The third-order valence-electron chi connectivity index (χ3n) is 5.25. The van der Waals surface area contributed by atoms with Gasteiger partial charge in [-0.05, 0) is 81.5 Å². The average Bonchev–Trinajstić information content (AvgIpc) is 3.03. The van der Waals surface area contributed by atoms with Crippen LogP contribution in [0.1, 0.15) is 64.7 Å². The fourth-order valence-electron chi connectivity index (χ4n) is 3.78. The third-order valence-corrected chi connectivity index (χ3v) is 5.25. The lowest BCUT2D eigenvalue weighted by Gasteiger charge is -2.29. The standard InChI is InChI=1S/C19H29NO/c1-2-15-7-9-16(10-8-15)20-17-11-13-19(14-12-17)21-18-5-3-4-6-18/h11-16,18,20H,2-10H2,1H3. The molecule has 3 rings (SSSR count). The maximum Gasteiger partial charge on any atom is 0.119 e. The molecule has 0 spiro atoms. The van der Waals surface area contributed by atoms with Crippen LogP contribution in [-0.2, 0) is 0 Å². The molecule has 0 radical (unpaired) electrons. The van der Waals surface area contributed by atoms with Crippen LogP contribution in [0.4, 0.5) is 5.69 Å². The minimum Gasteiger partial charge on any atom is -0.490 e. The Balaban J connectivity index is 1.48. The number of hydrogen-bond acceptors (Lipinski definition) is 2. The maximum atomic E-state index is 6.02. The zero-order valence-electron chi connectivity index (χ0n) is 13.3. The third kappa shape index (κ3) is 4.15. The molecule has 1 aromatic carbocycles. The quantitative estimate of drug-likeness (QED) is 0.784. The topological polar surface area (TPSA) is 21.3 Å². The van der Waals surface area contributed by atoms with E-state index in [1.54, 1.807) is 0 Å². The summed E-state index contributed by atoms with van der Waals surface area (Å²) >= 11 is 0. The zero-order valence-corrected chi connectivity index (χ0v) is 13.3. The molecular formula is C19H29NO. The molecule has 2 nitrogen and oxygen atoms in total. The molecular weight excluding hydrogens is 258 g/mol. The zero-order chi connectivity index (χ0) is 14.5. The van der Waals surface area contributed by atoms with Crippen LogP contribution in [0.3, 0.4) is 0 Å². The van der Waals surface area contributed by atoms with Crippen molar-refractivity contribution < 1.29 is 4.74 Å². The highest BCUT2D eigenvalue weighted by atomic mass is 16.5. The van der Waals surface area contributed by atoms with Gasteiger partial charge < -0.3 is 10.1 Å². The Morgan fingerprint density at radius 1 is 0.952 bits per heavy atom. The molecule has 0 saturated heterocycles. The van der Waals surface area contributed by atoms with E-state index in [9.17, 15) is 0 Å². The Kier molecular flexibility index (Phi) is 5.05. The number of benzene rings is 1. The number of rotatable bonds is 5. The van der Waals surface area contributed by atoms with Crippen LogP contribution in [0.5, 0.6) is 5.75 Å². The summed E-state index contributed by atoms with van der Waals surface area (Å²) in [5.41, 5.74) is 1.24. The first-order valence-corrected chi connectivity index (χ1v) is 8.86. The van der Waals surface area contributed by atoms with Crippen molar-refractivity contribution in [2.24, 2.45) is 5.92 Å². The second-order valence-corrected chi connectivity index (χ2v) is 6.82. The number of hydrogen-bond donors (Lipinski definition) is 1. The molecule has 116 valence electrons. The highest BCUT2D eigenvalue weighted by molar-refractivity contribution is 5.47. The van der Waals surface area contributed by atoms with Crippen molar-refractivity contribution in [3.05, 3.63) is 24.3 Å². The Bertz CT molecular complexity index is 414. The van der Waals surface area contributed by atoms with Gasteiger partial charge in [0.2, 0.25) is 0 Å². The van der Waals surface area contributed by atoms with Gasteiger partial charge in [0.15, 0.2) is 0 Å². The number of ether oxygens (including phenoxy) is 1. The van der Waals surface area contributed by atoms with Crippen LogP contribution >= 0.6 is 0 Å². The van der Waals surface area contributed by atoms with Crippen molar-refractivity contribution in [2.45, 2.75) is 76.9 Å². The van der Waals surface area contributed by atoms with Crippen molar-refractivity contribution in [2.75, 3.05) is 5.32 Å². The molecule has 1 N–H and O–H groups in total. The van der Waals surface area contributed by atoms with Crippen LogP contribution in [0.2, 0.25) is 0 Å². The summed E-state index contributed by atoms with van der Waals surface area (Å²) in [4.78, 5) is 0. The summed E-state index contributed by atoms with van der Waals surface area (Å²) in [7, 11) is 0. The Morgan fingerprint density at radius 3 is 2.24 bits per heavy atom. The molecule has 0 aliphatic heterocycles. The normalized spacial score (nSPS) is 26.7. The minimum atomic E-state index is 0.452. The van der Waals surface area contributed by atoms with Gasteiger partial charge in [0.05, 0.1) is 6.10 Å². The molecule has 0 unspecified atom stereocenters. The predicted octanol–water partition coefficient (Wildman–Crippen LogP) is 5.39. The highest BCUT2D eigenvalue weighted by Crippen LogP contribution is 2.29. The lowest BCUT2D eigenvalue weighted by molar-refractivity contribution is 0.210. The summed E-state index contributed by atoms with van der Waals surface area (Å²) in [6.45, 7) is 2.32. The smallest absolute Gasteiger partial charge is 0.119 e. The molecule has 2 saturated carbocycles. The van der Waals surface area contributed by atoms with Gasteiger partial charge in [-0.25, -0.2) is 0 Å². The van der Waals surface area contributed by atoms with E-state index < -0.39 is 0 Å². The first-order valence-electron chi connectivity index (χ1n) is 8.86. The second-order valence-electron chi connectivity index (χ2n) is 6.82. The Morgan fingerprint density at radius 2 is 1.62 bits per heavy atom. The van der Waals surface area contributed by atoms with Gasteiger partial charge in [-0.1, -0.05) is 13.3 Å². The van der Waals surface area contributed by atoms with E-state index in [2.05, 4.69) is 36.5 Å². The summed E-state index contributed by atoms with van der Waals surface area (Å²) in [6, 6.07) is 9.26. The van der Waals surface area contributed by atoms with Gasteiger partial charge in [-0.2, -0.15) is 0 Å². The van der Waals surface area contributed by atoms with Crippen molar-refractivity contribution in [1.29, 1.82) is 0 Å². The van der Waals surface area contributed by atoms with Gasteiger partial charge in [0.25, 0.3) is 0 Å². The summed E-state index contributed by atoms with van der Waals surface area (Å²) in [5.74, 6) is 1.99. The predicted molar refractivity (Wildman–Crippen MR) is 89.0 cm³/mol. The van der Waals surface area contributed by atoms with Crippen LogP contribution in [-0.4, -0.2) is 12.1 Å². The lowest BCUT2D eigenvalue weighted by Crippen LogP contribution is -2.25. The fraction of sp³-hybridized carbons (Fsp3) is 0.684. The van der Waals surface area contributed by atoms with E-state index in [0.717, 1.165) is 11.7 Å². The van der Waals surface area contributed by atoms with Gasteiger partial charge in [0, 0.05) is 11.7 Å². The first-order chi connectivity index (χ1) is 10.3. The van der Waals surface area contributed by atoms with Crippen molar-refractivity contribution in [3.8, 4) is 5.75 Å². The Labute approximate surface area is 129 Å². The van der Waals surface area contributed by atoms with E-state index in [1.165, 1.54) is 63.5 Å². The largest absolute Gasteiger partial charge is 0.490 e. The molecule has 2 fully saturated rings. The van der Waals surface area contributed by atoms with Crippen LogP contribution in [0.25, 0.3) is 0 Å². The van der Waals surface area contributed by atoms with Gasteiger partial charge in [-0.15, -0.1) is 0 Å². The van der Waals surface area contributed by atoms with Crippen LogP contribution in [0, 0.1) is 5.92 Å². The fourth-order valence-corrected chi connectivity index (χ4v) is 3.78. The maximum absolute atomic E-state index is 6.02. The SMILES string of the molecule is CCC1CCC(Nc2ccc(OC3CCCC3)cc2)CC1. The molecule has 2 aliphatic rings. The van der Waals surface area contributed by atoms with Gasteiger partial charge >= 0.3 is 0 Å². The van der Waals surface area contributed by atoms with Crippen LogP contribution in [0.15, 0.2) is 24.3 Å². The minimum absolute atomic E-state index is 0.452. The van der Waals surface area contributed by atoms with E-state index in [-0.39, 0.29) is 0 Å². The van der Waals surface area contributed by atoms with Crippen molar-refractivity contribution in [1.82, 2.24) is 0 Å². The summed E-state index contributed by atoms with van der Waals surface area (Å²) in [5, 5.41) is 3.69. The van der Waals surface area contributed by atoms with E-state index in [1.807, 2.05) is 0 Å². The Hall–Kier alpha value is -1.18. The highest BCUT2D eigenvalue weighted by Gasteiger charge is 2.20. The molecule has 0 atom stereocenters.